The van der Waals surface area contributed by atoms with Gasteiger partial charge in [-0.05, 0) is 63.1 Å². The first-order valence-electron chi connectivity index (χ1n) is 7.47. The summed E-state index contributed by atoms with van der Waals surface area (Å²) in [5, 5.41) is 0. The van der Waals surface area contributed by atoms with Crippen molar-refractivity contribution >= 4 is 6.16 Å². The van der Waals surface area contributed by atoms with Gasteiger partial charge in [0.25, 0.3) is 0 Å². The average molecular weight is 292 g/mol. The van der Waals surface area contributed by atoms with Gasteiger partial charge in [0.15, 0.2) is 0 Å². The maximum atomic E-state index is 11.7. The van der Waals surface area contributed by atoms with Crippen molar-refractivity contribution in [1.82, 2.24) is 0 Å². The highest BCUT2D eigenvalue weighted by Gasteiger charge is 2.19. The summed E-state index contributed by atoms with van der Waals surface area (Å²) in [7, 11) is 0. The van der Waals surface area contributed by atoms with Gasteiger partial charge in [-0.1, -0.05) is 32.9 Å². The number of ether oxygens (including phenoxy) is 2. The van der Waals surface area contributed by atoms with Crippen molar-refractivity contribution in [3.05, 3.63) is 29.3 Å². The molecule has 0 saturated heterocycles. The van der Waals surface area contributed by atoms with E-state index in [0.29, 0.717) is 11.2 Å². The SMILES string of the molecule is Cc1cc(CCC(C)(C)C)ccc1OC(=O)OC(C)(C)C. The van der Waals surface area contributed by atoms with Gasteiger partial charge in [0.05, 0.1) is 0 Å². The molecule has 0 unspecified atom stereocenters. The van der Waals surface area contributed by atoms with E-state index in [1.54, 1.807) is 0 Å². The lowest BCUT2D eigenvalue weighted by Crippen LogP contribution is -2.26. The molecular weight excluding hydrogens is 264 g/mol. The highest BCUT2D eigenvalue weighted by molar-refractivity contribution is 5.65. The van der Waals surface area contributed by atoms with E-state index in [1.165, 1.54) is 5.56 Å². The van der Waals surface area contributed by atoms with Gasteiger partial charge in [-0.15, -0.1) is 0 Å². The molecule has 0 spiro atoms. The van der Waals surface area contributed by atoms with Gasteiger partial charge in [0, 0.05) is 0 Å². The van der Waals surface area contributed by atoms with E-state index in [4.69, 9.17) is 9.47 Å². The largest absolute Gasteiger partial charge is 0.514 e. The monoisotopic (exact) mass is 292 g/mol. The number of aryl methyl sites for hydroxylation is 2. The predicted molar refractivity (Wildman–Crippen MR) is 85.8 cm³/mol. The van der Waals surface area contributed by atoms with Crippen LogP contribution in [0.15, 0.2) is 18.2 Å². The summed E-state index contributed by atoms with van der Waals surface area (Å²) in [5.74, 6) is 0.559. The van der Waals surface area contributed by atoms with Crippen LogP contribution in [0.3, 0.4) is 0 Å². The Labute approximate surface area is 128 Å². The molecule has 1 aromatic carbocycles. The van der Waals surface area contributed by atoms with Crippen molar-refractivity contribution in [2.45, 2.75) is 66.9 Å². The third-order valence-electron chi connectivity index (χ3n) is 2.99. The Bertz CT molecular complexity index is 490. The quantitative estimate of drug-likeness (QED) is 0.561. The van der Waals surface area contributed by atoms with E-state index in [-0.39, 0.29) is 0 Å². The van der Waals surface area contributed by atoms with Crippen LogP contribution in [0.2, 0.25) is 0 Å². The van der Waals surface area contributed by atoms with Crippen LogP contribution in [0.5, 0.6) is 5.75 Å². The topological polar surface area (TPSA) is 35.5 Å². The van der Waals surface area contributed by atoms with E-state index in [0.717, 1.165) is 18.4 Å². The molecule has 0 bridgehead atoms. The van der Waals surface area contributed by atoms with Gasteiger partial charge in [-0.3, -0.25) is 0 Å². The zero-order valence-electron chi connectivity index (χ0n) is 14.4. The van der Waals surface area contributed by atoms with Crippen molar-refractivity contribution in [3.63, 3.8) is 0 Å². The molecule has 3 heteroatoms. The zero-order chi connectivity index (χ0) is 16.3. The summed E-state index contributed by atoms with van der Waals surface area (Å²) < 4.78 is 10.4. The van der Waals surface area contributed by atoms with Gasteiger partial charge in [-0.2, -0.15) is 0 Å². The van der Waals surface area contributed by atoms with Crippen molar-refractivity contribution in [2.24, 2.45) is 5.41 Å². The summed E-state index contributed by atoms with van der Waals surface area (Å²) in [6, 6.07) is 5.93. The van der Waals surface area contributed by atoms with E-state index < -0.39 is 11.8 Å². The van der Waals surface area contributed by atoms with Crippen molar-refractivity contribution in [2.75, 3.05) is 0 Å². The third kappa shape index (κ3) is 7.16. The number of carbonyl (C=O) groups excluding carboxylic acids is 1. The molecule has 0 fully saturated rings. The van der Waals surface area contributed by atoms with Gasteiger partial charge in [0.1, 0.15) is 11.4 Å². The fourth-order valence-corrected chi connectivity index (χ4v) is 1.86. The molecule has 21 heavy (non-hydrogen) atoms. The summed E-state index contributed by atoms with van der Waals surface area (Å²) in [4.78, 5) is 11.7. The van der Waals surface area contributed by atoms with Crippen LogP contribution in [0, 0.1) is 12.3 Å². The molecule has 3 nitrogen and oxygen atoms in total. The Morgan fingerprint density at radius 2 is 1.71 bits per heavy atom. The second kappa shape index (κ2) is 6.50. The predicted octanol–water partition coefficient (Wildman–Crippen LogP) is 5.29. The molecule has 0 aromatic heterocycles. The third-order valence-corrected chi connectivity index (χ3v) is 2.99. The molecule has 1 rings (SSSR count). The minimum Gasteiger partial charge on any atom is -0.428 e. The van der Waals surface area contributed by atoms with Crippen LogP contribution in [0.4, 0.5) is 4.79 Å². The number of hydrogen-bond acceptors (Lipinski definition) is 3. The maximum Gasteiger partial charge on any atom is 0.514 e. The van der Waals surface area contributed by atoms with Crippen LogP contribution in [0.1, 0.15) is 59.1 Å². The molecule has 0 atom stereocenters. The molecule has 0 heterocycles. The lowest BCUT2D eigenvalue weighted by atomic mass is 9.88. The van der Waals surface area contributed by atoms with Crippen LogP contribution in [-0.2, 0) is 11.2 Å². The Morgan fingerprint density at radius 1 is 1.10 bits per heavy atom. The summed E-state index contributed by atoms with van der Waals surface area (Å²) in [6.45, 7) is 14.1. The average Bonchev–Trinajstić information content (AvgIpc) is 2.26. The first kappa shape index (κ1) is 17.5. The summed E-state index contributed by atoms with van der Waals surface area (Å²) in [5.41, 5.74) is 1.99. The normalized spacial score (nSPS) is 12.1. The summed E-state index contributed by atoms with van der Waals surface area (Å²) in [6.07, 6.45) is 1.49. The van der Waals surface area contributed by atoms with Gasteiger partial charge in [-0.25, -0.2) is 4.79 Å². The molecule has 0 aliphatic carbocycles. The first-order chi connectivity index (χ1) is 9.46. The fraction of sp³-hybridized carbons (Fsp3) is 0.611. The molecule has 0 radical (unpaired) electrons. The zero-order valence-corrected chi connectivity index (χ0v) is 14.4. The maximum absolute atomic E-state index is 11.7. The Balaban J connectivity index is 2.68. The molecule has 0 saturated carbocycles. The second-order valence-corrected chi connectivity index (χ2v) is 7.73. The van der Waals surface area contributed by atoms with Gasteiger partial charge >= 0.3 is 6.16 Å². The Kier molecular flexibility index (Phi) is 5.43. The molecule has 118 valence electrons. The first-order valence-corrected chi connectivity index (χ1v) is 7.47. The number of benzene rings is 1. The van der Waals surface area contributed by atoms with Crippen molar-refractivity contribution in [1.29, 1.82) is 0 Å². The summed E-state index contributed by atoms with van der Waals surface area (Å²) >= 11 is 0. The van der Waals surface area contributed by atoms with Crippen molar-refractivity contribution in [3.8, 4) is 5.75 Å². The molecule has 0 amide bonds. The van der Waals surface area contributed by atoms with E-state index in [9.17, 15) is 4.79 Å². The molecule has 1 aromatic rings. The van der Waals surface area contributed by atoms with Gasteiger partial charge in [0.2, 0.25) is 0 Å². The van der Waals surface area contributed by atoms with E-state index in [1.807, 2.05) is 39.8 Å². The van der Waals surface area contributed by atoms with Crippen LogP contribution < -0.4 is 4.74 Å². The highest BCUT2D eigenvalue weighted by atomic mass is 16.7. The van der Waals surface area contributed by atoms with Crippen LogP contribution in [0.25, 0.3) is 0 Å². The van der Waals surface area contributed by atoms with Crippen molar-refractivity contribution < 1.29 is 14.3 Å². The molecule has 0 N–H and O–H groups in total. The van der Waals surface area contributed by atoms with E-state index in [2.05, 4.69) is 26.8 Å². The molecule has 0 aliphatic heterocycles. The smallest absolute Gasteiger partial charge is 0.428 e. The van der Waals surface area contributed by atoms with E-state index >= 15 is 0 Å². The molecular formula is C18H28O3. The number of rotatable bonds is 3. The lowest BCUT2D eigenvalue weighted by Gasteiger charge is -2.20. The highest BCUT2D eigenvalue weighted by Crippen LogP contribution is 2.25. The Hall–Kier alpha value is -1.51. The minimum atomic E-state index is -0.659. The minimum absolute atomic E-state index is 0.319. The Morgan fingerprint density at radius 3 is 2.19 bits per heavy atom. The lowest BCUT2D eigenvalue weighted by molar-refractivity contribution is 0.0205. The fourth-order valence-electron chi connectivity index (χ4n) is 1.86. The van der Waals surface area contributed by atoms with Gasteiger partial charge < -0.3 is 9.47 Å². The standard InChI is InChI=1S/C18H28O3/c1-13-12-14(10-11-17(2,3)4)8-9-15(13)20-16(19)21-18(5,6)7/h8-9,12H,10-11H2,1-7H3. The second-order valence-electron chi connectivity index (χ2n) is 7.73. The number of carbonyl (C=O) groups is 1. The van der Waals surface area contributed by atoms with Crippen LogP contribution >= 0.6 is 0 Å². The molecule has 0 aliphatic rings. The van der Waals surface area contributed by atoms with Crippen LogP contribution in [-0.4, -0.2) is 11.8 Å². The number of hydrogen-bond donors (Lipinski definition) is 0.